The van der Waals surface area contributed by atoms with Crippen LogP contribution in [0.5, 0.6) is 0 Å². The molecule has 1 unspecified atom stereocenters. The first kappa shape index (κ1) is 22.8. The number of hydrogen-bond acceptors (Lipinski definition) is 5. The van der Waals surface area contributed by atoms with Crippen LogP contribution in [0.4, 0.5) is 0 Å². The molecule has 1 fully saturated rings. The van der Waals surface area contributed by atoms with E-state index in [0.717, 1.165) is 11.3 Å². The maximum Gasteiger partial charge on any atom is 0.261 e. The van der Waals surface area contributed by atoms with E-state index >= 15 is 0 Å². The van der Waals surface area contributed by atoms with Gasteiger partial charge < -0.3 is 15.5 Å². The molecule has 3 aromatic rings. The Kier molecular flexibility index (Phi) is 6.62. The van der Waals surface area contributed by atoms with Crippen LogP contribution in [0.1, 0.15) is 27.0 Å². The fraction of sp³-hybridized carbons (Fsp3) is 0.217. The summed E-state index contributed by atoms with van der Waals surface area (Å²) in [5.41, 5.74) is 0.871. The third kappa shape index (κ3) is 5.15. The molecule has 0 radical (unpaired) electrons. The molecule has 0 aliphatic carbocycles. The summed E-state index contributed by atoms with van der Waals surface area (Å²) in [5.74, 6) is -0.780. The number of carbonyl (C=O) groups is 3. The van der Waals surface area contributed by atoms with Crippen LogP contribution in [-0.4, -0.2) is 52.4 Å². The van der Waals surface area contributed by atoms with Crippen molar-refractivity contribution < 1.29 is 14.4 Å². The van der Waals surface area contributed by atoms with Crippen molar-refractivity contribution in [1.82, 2.24) is 20.1 Å². The van der Waals surface area contributed by atoms with Crippen LogP contribution < -0.4 is 16.2 Å². The van der Waals surface area contributed by atoms with Crippen LogP contribution in [0.3, 0.4) is 0 Å². The molecule has 10 heteroatoms. The first-order chi connectivity index (χ1) is 15.8. The smallest absolute Gasteiger partial charge is 0.261 e. The quantitative estimate of drug-likeness (QED) is 0.580. The average molecular weight is 485 g/mol. The van der Waals surface area contributed by atoms with Gasteiger partial charge in [-0.3, -0.25) is 23.7 Å². The zero-order chi connectivity index (χ0) is 23.5. The Labute approximate surface area is 198 Å². The Balaban J connectivity index is 1.47. The van der Waals surface area contributed by atoms with Crippen molar-refractivity contribution in [2.75, 3.05) is 13.1 Å². The number of amides is 3. The summed E-state index contributed by atoms with van der Waals surface area (Å²) in [7, 11) is 0. The van der Waals surface area contributed by atoms with E-state index in [1.807, 2.05) is 0 Å². The van der Waals surface area contributed by atoms with Gasteiger partial charge in [-0.05, 0) is 42.5 Å². The Bertz CT molecular complexity index is 1250. The zero-order valence-electron chi connectivity index (χ0n) is 17.7. The number of thiophene rings is 1. The summed E-state index contributed by atoms with van der Waals surface area (Å²) in [4.78, 5) is 51.4. The van der Waals surface area contributed by atoms with Gasteiger partial charge in [0.1, 0.15) is 0 Å². The first-order valence-electron chi connectivity index (χ1n) is 10.2. The Hall–Kier alpha value is -3.43. The summed E-state index contributed by atoms with van der Waals surface area (Å²) >= 11 is 7.08. The van der Waals surface area contributed by atoms with Gasteiger partial charge in [-0.2, -0.15) is 0 Å². The van der Waals surface area contributed by atoms with Crippen LogP contribution in [-0.2, 0) is 4.79 Å². The molecule has 1 aliphatic heterocycles. The SMILES string of the molecule is CC(=O)N1CC(NC(=O)c2ccc(-n3ccccc3=O)cc2)[C@H](NC(=O)c2ccc(Cl)s2)C1. The van der Waals surface area contributed by atoms with Crippen molar-refractivity contribution in [3.05, 3.63) is 85.9 Å². The first-order valence-corrected chi connectivity index (χ1v) is 11.4. The topological polar surface area (TPSA) is 101 Å². The molecule has 33 heavy (non-hydrogen) atoms. The van der Waals surface area contributed by atoms with Crippen molar-refractivity contribution in [1.29, 1.82) is 0 Å². The highest BCUT2D eigenvalue weighted by Crippen LogP contribution is 2.22. The molecule has 0 saturated carbocycles. The Morgan fingerprint density at radius 1 is 0.939 bits per heavy atom. The van der Waals surface area contributed by atoms with Crippen molar-refractivity contribution in [2.45, 2.75) is 19.0 Å². The van der Waals surface area contributed by atoms with Crippen molar-refractivity contribution in [2.24, 2.45) is 0 Å². The van der Waals surface area contributed by atoms with Crippen molar-refractivity contribution in [3.8, 4) is 5.69 Å². The van der Waals surface area contributed by atoms with Crippen LogP contribution in [0.25, 0.3) is 5.69 Å². The minimum Gasteiger partial charge on any atom is -0.345 e. The number of pyridine rings is 1. The second kappa shape index (κ2) is 9.60. The zero-order valence-corrected chi connectivity index (χ0v) is 19.2. The lowest BCUT2D eigenvalue weighted by molar-refractivity contribution is -0.127. The molecule has 2 atom stereocenters. The van der Waals surface area contributed by atoms with E-state index in [9.17, 15) is 19.2 Å². The standard InChI is InChI=1S/C23H21ClN4O4S/c1-14(29)27-12-17(18(13-27)26-23(32)19-9-10-20(24)33-19)25-22(31)15-5-7-16(8-6-15)28-11-3-2-4-21(28)30/h2-11,17-18H,12-13H2,1H3,(H,25,31)(H,26,32)/t17?,18-/m1/s1. The van der Waals surface area contributed by atoms with Gasteiger partial charge in [0.2, 0.25) is 5.91 Å². The van der Waals surface area contributed by atoms with E-state index in [0.29, 0.717) is 27.0 Å². The van der Waals surface area contributed by atoms with Crippen molar-refractivity contribution >= 4 is 40.7 Å². The number of benzene rings is 1. The number of nitrogens with zero attached hydrogens (tertiary/aromatic N) is 2. The minimum absolute atomic E-state index is 0.136. The lowest BCUT2D eigenvalue weighted by atomic mass is 10.1. The largest absolute Gasteiger partial charge is 0.345 e. The van der Waals surface area contributed by atoms with Crippen molar-refractivity contribution in [3.63, 3.8) is 0 Å². The normalized spacial score (nSPS) is 17.6. The monoisotopic (exact) mass is 484 g/mol. The highest BCUT2D eigenvalue weighted by atomic mass is 35.5. The average Bonchev–Trinajstić information content (AvgIpc) is 3.41. The predicted molar refractivity (Wildman–Crippen MR) is 126 cm³/mol. The third-order valence-corrected chi connectivity index (χ3v) is 6.66. The highest BCUT2D eigenvalue weighted by Gasteiger charge is 2.36. The van der Waals surface area contributed by atoms with E-state index in [-0.39, 0.29) is 29.8 Å². The number of aromatic nitrogens is 1. The minimum atomic E-state index is -0.461. The van der Waals surface area contributed by atoms with Gasteiger partial charge in [0.05, 0.1) is 21.3 Å². The molecule has 0 spiro atoms. The number of nitrogens with one attached hydrogen (secondary N) is 2. The fourth-order valence-corrected chi connectivity index (χ4v) is 4.64. The highest BCUT2D eigenvalue weighted by molar-refractivity contribution is 7.18. The van der Waals surface area contributed by atoms with Crippen LogP contribution >= 0.6 is 22.9 Å². The van der Waals surface area contributed by atoms with Crippen LogP contribution in [0, 0.1) is 0 Å². The maximum atomic E-state index is 12.9. The summed E-state index contributed by atoms with van der Waals surface area (Å²) in [5, 5.41) is 5.83. The number of hydrogen-bond donors (Lipinski definition) is 2. The van der Waals surface area contributed by atoms with E-state index in [1.54, 1.807) is 59.6 Å². The summed E-state index contributed by atoms with van der Waals surface area (Å²) in [6.07, 6.45) is 1.65. The second-order valence-electron chi connectivity index (χ2n) is 7.64. The summed E-state index contributed by atoms with van der Waals surface area (Å²) in [6.45, 7) is 2.03. The van der Waals surface area contributed by atoms with Crippen LogP contribution in [0.2, 0.25) is 4.34 Å². The molecule has 3 heterocycles. The fourth-order valence-electron chi connectivity index (χ4n) is 3.70. The van der Waals surface area contributed by atoms with Crippen LogP contribution in [0.15, 0.2) is 65.6 Å². The van der Waals surface area contributed by atoms with Gasteiger partial charge in [0, 0.05) is 43.5 Å². The van der Waals surface area contributed by atoms with Gasteiger partial charge in [-0.15, -0.1) is 11.3 Å². The molecular weight excluding hydrogens is 464 g/mol. The van der Waals surface area contributed by atoms with Gasteiger partial charge in [0.25, 0.3) is 17.4 Å². The Morgan fingerprint density at radius 3 is 2.18 bits per heavy atom. The molecule has 4 rings (SSSR count). The number of halogens is 1. The van der Waals surface area contributed by atoms with Gasteiger partial charge >= 0.3 is 0 Å². The Morgan fingerprint density at radius 2 is 1.61 bits per heavy atom. The molecule has 1 aromatic carbocycles. The molecule has 1 aliphatic rings. The number of carbonyl (C=O) groups excluding carboxylic acids is 3. The lowest BCUT2D eigenvalue weighted by Gasteiger charge is -2.20. The predicted octanol–water partition coefficient (Wildman–Crippen LogP) is 2.31. The molecule has 170 valence electrons. The lowest BCUT2D eigenvalue weighted by Crippen LogP contribution is -2.50. The molecule has 3 amide bonds. The van der Waals surface area contributed by atoms with E-state index in [1.165, 1.54) is 17.6 Å². The second-order valence-corrected chi connectivity index (χ2v) is 9.36. The van der Waals surface area contributed by atoms with Gasteiger partial charge in [-0.25, -0.2) is 0 Å². The summed E-state index contributed by atoms with van der Waals surface area (Å²) < 4.78 is 1.98. The maximum absolute atomic E-state index is 12.9. The molecule has 2 N–H and O–H groups in total. The molecule has 1 saturated heterocycles. The molecule has 2 aromatic heterocycles. The van der Waals surface area contributed by atoms with E-state index in [2.05, 4.69) is 10.6 Å². The molecule has 0 bridgehead atoms. The number of likely N-dealkylation sites (tertiary alicyclic amines) is 1. The molecule has 8 nitrogen and oxygen atoms in total. The van der Waals surface area contributed by atoms with Gasteiger partial charge in [-0.1, -0.05) is 17.7 Å². The summed E-state index contributed by atoms with van der Waals surface area (Å²) in [6, 6.07) is 13.9. The van der Waals surface area contributed by atoms with Gasteiger partial charge in [0.15, 0.2) is 0 Å². The molecular formula is C23H21ClN4O4S. The van der Waals surface area contributed by atoms with E-state index in [4.69, 9.17) is 11.6 Å². The number of rotatable bonds is 5. The third-order valence-electron chi connectivity index (χ3n) is 5.43. The van der Waals surface area contributed by atoms with E-state index < -0.39 is 12.1 Å².